The highest BCUT2D eigenvalue weighted by molar-refractivity contribution is 5.95. The van der Waals surface area contributed by atoms with Gasteiger partial charge in [0.15, 0.2) is 0 Å². The average molecular weight is 384 g/mol. The Morgan fingerprint density at radius 3 is 2.55 bits per heavy atom. The molecule has 3 nitrogen and oxygen atoms in total. The standard InChI is InChI=1S/C26H24O3/c27-25(28)16-19-11-12-23-22(19)13-14-24(29-21-7-3-4-8-21)26(23)20-10-9-17-5-1-2-6-18(17)15-20/h1-2,5-6,9-10,13-16,21H,3-4,7-8,11-12H2,(H,27,28)/b19-16+. The molecule has 0 heterocycles. The SMILES string of the molecule is O=C(O)/C=C1\CCc2c1ccc(OC1CCCC1)c2-c1ccc2ccccc2c1. The molecule has 29 heavy (non-hydrogen) atoms. The van der Waals surface area contributed by atoms with Crippen LogP contribution in [0.3, 0.4) is 0 Å². The highest BCUT2D eigenvalue weighted by Gasteiger charge is 2.26. The van der Waals surface area contributed by atoms with Gasteiger partial charge in [-0.15, -0.1) is 0 Å². The number of hydrogen-bond donors (Lipinski definition) is 1. The summed E-state index contributed by atoms with van der Waals surface area (Å²) in [6, 6.07) is 19.0. The number of benzene rings is 3. The van der Waals surface area contributed by atoms with Gasteiger partial charge in [-0.2, -0.15) is 0 Å². The molecule has 0 spiro atoms. The Morgan fingerprint density at radius 2 is 1.76 bits per heavy atom. The highest BCUT2D eigenvalue weighted by atomic mass is 16.5. The minimum atomic E-state index is -0.883. The molecule has 1 saturated carbocycles. The third-order valence-electron chi connectivity index (χ3n) is 6.20. The molecule has 3 aromatic rings. The molecule has 5 rings (SSSR count). The van der Waals surface area contributed by atoms with Crippen molar-refractivity contribution >= 4 is 22.3 Å². The molecule has 0 saturated heterocycles. The quantitative estimate of drug-likeness (QED) is 0.541. The van der Waals surface area contributed by atoms with Crippen molar-refractivity contribution in [3.8, 4) is 16.9 Å². The van der Waals surface area contributed by atoms with E-state index < -0.39 is 5.97 Å². The smallest absolute Gasteiger partial charge is 0.328 e. The number of allylic oxidation sites excluding steroid dienone is 1. The lowest BCUT2D eigenvalue weighted by Crippen LogP contribution is -2.12. The van der Waals surface area contributed by atoms with Gasteiger partial charge in [-0.1, -0.05) is 42.5 Å². The minimum Gasteiger partial charge on any atom is -0.490 e. The van der Waals surface area contributed by atoms with E-state index in [1.54, 1.807) is 0 Å². The van der Waals surface area contributed by atoms with Crippen molar-refractivity contribution in [3.05, 3.63) is 71.8 Å². The largest absolute Gasteiger partial charge is 0.490 e. The van der Waals surface area contributed by atoms with Crippen LogP contribution in [-0.4, -0.2) is 17.2 Å². The van der Waals surface area contributed by atoms with Crippen LogP contribution in [0.2, 0.25) is 0 Å². The van der Waals surface area contributed by atoms with Crippen molar-refractivity contribution in [2.75, 3.05) is 0 Å². The van der Waals surface area contributed by atoms with Crippen LogP contribution in [0.15, 0.2) is 60.7 Å². The number of rotatable bonds is 4. The second-order valence-electron chi connectivity index (χ2n) is 8.06. The summed E-state index contributed by atoms with van der Waals surface area (Å²) in [6.07, 6.45) is 7.92. The van der Waals surface area contributed by atoms with E-state index in [2.05, 4.69) is 42.5 Å². The predicted molar refractivity (Wildman–Crippen MR) is 116 cm³/mol. The van der Waals surface area contributed by atoms with Crippen molar-refractivity contribution in [2.24, 2.45) is 0 Å². The highest BCUT2D eigenvalue weighted by Crippen LogP contribution is 2.44. The van der Waals surface area contributed by atoms with Crippen molar-refractivity contribution < 1.29 is 14.6 Å². The third kappa shape index (κ3) is 3.42. The normalized spacial score (nSPS) is 17.7. The summed E-state index contributed by atoms with van der Waals surface area (Å²) in [5.74, 6) is 0.0499. The maximum absolute atomic E-state index is 11.3. The molecule has 0 radical (unpaired) electrons. The van der Waals surface area contributed by atoms with E-state index >= 15 is 0 Å². The number of hydrogen-bond acceptors (Lipinski definition) is 2. The van der Waals surface area contributed by atoms with Gasteiger partial charge in [0.2, 0.25) is 0 Å². The lowest BCUT2D eigenvalue weighted by Gasteiger charge is -2.20. The lowest BCUT2D eigenvalue weighted by molar-refractivity contribution is -0.131. The zero-order valence-corrected chi connectivity index (χ0v) is 16.4. The van der Waals surface area contributed by atoms with Crippen LogP contribution in [0.4, 0.5) is 0 Å². The molecule has 0 bridgehead atoms. The molecule has 1 N–H and O–H groups in total. The summed E-state index contributed by atoms with van der Waals surface area (Å²) in [7, 11) is 0. The lowest BCUT2D eigenvalue weighted by atomic mass is 9.93. The number of aliphatic carboxylic acids is 1. The van der Waals surface area contributed by atoms with Gasteiger partial charge in [0, 0.05) is 11.6 Å². The summed E-state index contributed by atoms with van der Waals surface area (Å²) in [6.45, 7) is 0. The van der Waals surface area contributed by atoms with Crippen molar-refractivity contribution in [2.45, 2.75) is 44.6 Å². The summed E-state index contributed by atoms with van der Waals surface area (Å²) < 4.78 is 6.48. The first kappa shape index (κ1) is 18.0. The number of carboxylic acid groups (broad SMARTS) is 1. The van der Waals surface area contributed by atoms with Crippen molar-refractivity contribution in [3.63, 3.8) is 0 Å². The van der Waals surface area contributed by atoms with Gasteiger partial charge in [0.25, 0.3) is 0 Å². The van der Waals surface area contributed by atoms with Gasteiger partial charge in [-0.3, -0.25) is 0 Å². The monoisotopic (exact) mass is 384 g/mol. The first-order valence-electron chi connectivity index (χ1n) is 10.4. The molecule has 0 aliphatic heterocycles. The van der Waals surface area contributed by atoms with E-state index in [4.69, 9.17) is 4.74 Å². The number of ether oxygens (including phenoxy) is 1. The first-order chi connectivity index (χ1) is 14.2. The Kier molecular flexibility index (Phi) is 4.59. The van der Waals surface area contributed by atoms with E-state index in [0.29, 0.717) is 0 Å². The molecule has 2 aliphatic carbocycles. The molecule has 0 unspecified atom stereocenters. The van der Waals surface area contributed by atoms with Crippen molar-refractivity contribution in [1.82, 2.24) is 0 Å². The summed E-state index contributed by atoms with van der Waals surface area (Å²) in [5.41, 5.74) is 5.44. The minimum absolute atomic E-state index is 0.280. The van der Waals surface area contributed by atoms with Crippen LogP contribution < -0.4 is 4.74 Å². The van der Waals surface area contributed by atoms with Crippen LogP contribution in [-0.2, 0) is 11.2 Å². The molecular formula is C26H24O3. The van der Waals surface area contributed by atoms with Gasteiger partial charge in [-0.25, -0.2) is 4.79 Å². The fraction of sp³-hybridized carbons (Fsp3) is 0.269. The van der Waals surface area contributed by atoms with E-state index in [9.17, 15) is 9.90 Å². The molecule has 0 aromatic heterocycles. The number of carbonyl (C=O) groups is 1. The Balaban J connectivity index is 1.67. The molecule has 3 aromatic carbocycles. The van der Waals surface area contributed by atoms with Gasteiger partial charge in [0.05, 0.1) is 6.10 Å². The molecule has 2 aliphatic rings. The molecular weight excluding hydrogens is 360 g/mol. The van der Waals surface area contributed by atoms with Gasteiger partial charge in [0.1, 0.15) is 5.75 Å². The Bertz CT molecular complexity index is 1120. The van der Waals surface area contributed by atoms with E-state index in [1.165, 1.54) is 35.3 Å². The molecule has 1 fully saturated rings. The van der Waals surface area contributed by atoms with Crippen LogP contribution in [0.25, 0.3) is 27.5 Å². The Hall–Kier alpha value is -3.07. The maximum Gasteiger partial charge on any atom is 0.328 e. The Labute approximate surface area is 170 Å². The van der Waals surface area contributed by atoms with Gasteiger partial charge in [-0.05, 0) is 83.7 Å². The Morgan fingerprint density at radius 1 is 0.966 bits per heavy atom. The van der Waals surface area contributed by atoms with Crippen molar-refractivity contribution in [1.29, 1.82) is 0 Å². The second kappa shape index (κ2) is 7.40. The fourth-order valence-corrected chi connectivity index (χ4v) is 4.83. The van der Waals surface area contributed by atoms with Crippen LogP contribution >= 0.6 is 0 Å². The number of fused-ring (bicyclic) bond motifs is 2. The topological polar surface area (TPSA) is 46.5 Å². The van der Waals surface area contributed by atoms with Crippen LogP contribution in [0.1, 0.15) is 43.2 Å². The summed E-state index contributed by atoms with van der Waals surface area (Å²) >= 11 is 0. The van der Waals surface area contributed by atoms with Gasteiger partial charge < -0.3 is 9.84 Å². The zero-order valence-electron chi connectivity index (χ0n) is 16.4. The predicted octanol–water partition coefficient (Wildman–Crippen LogP) is 6.24. The third-order valence-corrected chi connectivity index (χ3v) is 6.20. The summed E-state index contributed by atoms with van der Waals surface area (Å²) in [5, 5.41) is 11.7. The maximum atomic E-state index is 11.3. The molecule has 3 heteroatoms. The van der Waals surface area contributed by atoms with E-state index in [1.807, 2.05) is 12.1 Å². The average Bonchev–Trinajstić information content (AvgIpc) is 3.37. The molecule has 146 valence electrons. The van der Waals surface area contributed by atoms with Crippen LogP contribution in [0, 0.1) is 0 Å². The first-order valence-corrected chi connectivity index (χ1v) is 10.4. The molecule has 0 atom stereocenters. The van der Waals surface area contributed by atoms with Crippen LogP contribution in [0.5, 0.6) is 5.75 Å². The summed E-state index contributed by atoms with van der Waals surface area (Å²) in [4.78, 5) is 11.3. The second-order valence-corrected chi connectivity index (χ2v) is 8.06. The number of carboxylic acids is 1. The van der Waals surface area contributed by atoms with E-state index in [0.717, 1.165) is 53.7 Å². The molecule has 0 amide bonds. The fourth-order valence-electron chi connectivity index (χ4n) is 4.83. The van der Waals surface area contributed by atoms with E-state index in [-0.39, 0.29) is 6.10 Å². The van der Waals surface area contributed by atoms with Gasteiger partial charge >= 0.3 is 5.97 Å². The zero-order chi connectivity index (χ0) is 19.8.